The topological polar surface area (TPSA) is 74.8 Å². The van der Waals surface area contributed by atoms with Crippen molar-refractivity contribution < 1.29 is 14.3 Å². The lowest BCUT2D eigenvalue weighted by Crippen LogP contribution is -2.50. The van der Waals surface area contributed by atoms with Gasteiger partial charge < -0.3 is 19.9 Å². The molecule has 2 amide bonds. The zero-order chi connectivity index (χ0) is 19.9. The van der Waals surface area contributed by atoms with Gasteiger partial charge in [-0.25, -0.2) is 0 Å². The van der Waals surface area contributed by atoms with Crippen LogP contribution < -0.4 is 10.1 Å². The summed E-state index contributed by atoms with van der Waals surface area (Å²) in [7, 11) is 1.67. The molecule has 0 atom stereocenters. The Labute approximate surface area is 165 Å². The normalized spacial score (nSPS) is 13.9. The molecule has 1 N–H and O–H groups in total. The second-order valence-electron chi connectivity index (χ2n) is 6.75. The lowest BCUT2D eigenvalue weighted by Gasteiger charge is -2.34. The molecule has 0 aliphatic carbocycles. The quantitative estimate of drug-likeness (QED) is 0.828. The van der Waals surface area contributed by atoms with Crippen LogP contribution in [0.4, 0.5) is 5.69 Å². The van der Waals surface area contributed by atoms with Crippen molar-refractivity contribution in [2.75, 3.05) is 45.2 Å². The van der Waals surface area contributed by atoms with Crippen molar-refractivity contribution in [2.45, 2.75) is 13.3 Å². The minimum atomic E-state index is -0.0518. The molecule has 0 unspecified atom stereocenters. The van der Waals surface area contributed by atoms with E-state index in [1.54, 1.807) is 36.2 Å². The molecule has 7 heteroatoms. The van der Waals surface area contributed by atoms with Crippen LogP contribution in [0.1, 0.15) is 22.8 Å². The van der Waals surface area contributed by atoms with Gasteiger partial charge in [0.1, 0.15) is 5.75 Å². The highest BCUT2D eigenvalue weighted by Gasteiger charge is 2.23. The summed E-state index contributed by atoms with van der Waals surface area (Å²) in [5, 5.41) is 3.32. The van der Waals surface area contributed by atoms with Crippen LogP contribution in [0.5, 0.6) is 5.75 Å². The van der Waals surface area contributed by atoms with E-state index in [4.69, 9.17) is 4.74 Å². The Hall–Kier alpha value is -3.09. The third-order valence-electron chi connectivity index (χ3n) is 4.91. The molecule has 0 bridgehead atoms. The maximum absolute atomic E-state index is 12.7. The highest BCUT2D eigenvalue weighted by molar-refractivity contribution is 5.95. The molecule has 3 rings (SSSR count). The summed E-state index contributed by atoms with van der Waals surface area (Å²) < 4.78 is 5.37. The summed E-state index contributed by atoms with van der Waals surface area (Å²) in [6.07, 6.45) is 4.10. The number of nitrogens with one attached hydrogen (secondary N) is 1. The number of piperazine rings is 1. The van der Waals surface area contributed by atoms with Gasteiger partial charge in [0.25, 0.3) is 5.91 Å². The smallest absolute Gasteiger partial charge is 0.255 e. The number of benzene rings is 1. The lowest BCUT2D eigenvalue weighted by atomic mass is 10.1. The second-order valence-corrected chi connectivity index (χ2v) is 6.75. The van der Waals surface area contributed by atoms with Gasteiger partial charge >= 0.3 is 0 Å². The van der Waals surface area contributed by atoms with E-state index in [9.17, 15) is 9.59 Å². The number of ether oxygens (including phenoxy) is 1. The fraction of sp³-hybridized carbons (Fsp3) is 0.381. The predicted octanol–water partition coefficient (Wildman–Crippen LogP) is 2.05. The molecular formula is C21H26N4O3. The highest BCUT2D eigenvalue weighted by atomic mass is 16.5. The molecule has 148 valence electrons. The van der Waals surface area contributed by atoms with E-state index < -0.39 is 0 Å². The van der Waals surface area contributed by atoms with Gasteiger partial charge in [-0.3, -0.25) is 14.6 Å². The molecule has 28 heavy (non-hydrogen) atoms. The van der Waals surface area contributed by atoms with E-state index in [1.807, 2.05) is 30.3 Å². The highest BCUT2D eigenvalue weighted by Crippen LogP contribution is 2.18. The number of anilines is 1. The summed E-state index contributed by atoms with van der Waals surface area (Å²) in [6.45, 7) is 4.50. The summed E-state index contributed by atoms with van der Waals surface area (Å²) in [5.74, 6) is 0.871. The molecule has 2 heterocycles. The van der Waals surface area contributed by atoms with Gasteiger partial charge in [-0.15, -0.1) is 0 Å². The van der Waals surface area contributed by atoms with Crippen molar-refractivity contribution in [1.29, 1.82) is 0 Å². The molecule has 0 saturated carbocycles. The Morgan fingerprint density at radius 2 is 1.82 bits per heavy atom. The fourth-order valence-corrected chi connectivity index (χ4v) is 3.31. The maximum Gasteiger partial charge on any atom is 0.255 e. The Kier molecular flexibility index (Phi) is 6.47. The van der Waals surface area contributed by atoms with Crippen molar-refractivity contribution in [3.63, 3.8) is 0 Å². The van der Waals surface area contributed by atoms with Crippen molar-refractivity contribution in [2.24, 2.45) is 0 Å². The molecule has 1 saturated heterocycles. The Bertz CT molecular complexity index is 832. The second kappa shape index (κ2) is 9.21. The van der Waals surface area contributed by atoms with Gasteiger partial charge in [-0.05, 0) is 24.1 Å². The Morgan fingerprint density at radius 3 is 2.54 bits per heavy atom. The monoisotopic (exact) mass is 382 g/mol. The predicted molar refractivity (Wildman–Crippen MR) is 108 cm³/mol. The molecule has 0 spiro atoms. The molecule has 1 aliphatic rings. The molecule has 1 fully saturated rings. The first-order valence-corrected chi connectivity index (χ1v) is 9.44. The maximum atomic E-state index is 12.7. The first kappa shape index (κ1) is 19.7. The number of hydrogen-bond donors (Lipinski definition) is 1. The fourth-order valence-electron chi connectivity index (χ4n) is 3.31. The number of hydrogen-bond acceptors (Lipinski definition) is 5. The van der Waals surface area contributed by atoms with Crippen molar-refractivity contribution in [3.05, 3.63) is 53.9 Å². The molecule has 2 aromatic rings. The standard InChI is InChI=1S/C21H26N4O3/c1-16(26)24-9-11-25(12-10-24)21(27)18-13-19(15-22-14-18)23-8-7-17-5-3-4-6-20(17)28-2/h3-6,13-15,23H,7-12H2,1-2H3. The van der Waals surface area contributed by atoms with Gasteiger partial charge in [0.15, 0.2) is 0 Å². The zero-order valence-corrected chi connectivity index (χ0v) is 16.4. The number of nitrogens with zero attached hydrogens (tertiary/aromatic N) is 3. The zero-order valence-electron chi connectivity index (χ0n) is 16.4. The van der Waals surface area contributed by atoms with Gasteiger partial charge in [0.05, 0.1) is 18.4 Å². The average Bonchev–Trinajstić information content (AvgIpc) is 2.74. The summed E-state index contributed by atoms with van der Waals surface area (Å²) in [5.41, 5.74) is 2.49. The average molecular weight is 382 g/mol. The van der Waals surface area contributed by atoms with Crippen molar-refractivity contribution in [1.82, 2.24) is 14.8 Å². The molecule has 1 aromatic heterocycles. The van der Waals surface area contributed by atoms with Crippen LogP contribution in [0.2, 0.25) is 0 Å². The van der Waals surface area contributed by atoms with Crippen LogP contribution in [-0.2, 0) is 11.2 Å². The third kappa shape index (κ3) is 4.79. The molecular weight excluding hydrogens is 356 g/mol. The van der Waals surface area contributed by atoms with Gasteiger partial charge in [-0.1, -0.05) is 18.2 Å². The number of para-hydroxylation sites is 1. The summed E-state index contributed by atoms with van der Waals surface area (Å²) >= 11 is 0. The van der Waals surface area contributed by atoms with Crippen LogP contribution >= 0.6 is 0 Å². The first-order valence-electron chi connectivity index (χ1n) is 9.44. The number of methoxy groups -OCH3 is 1. The Balaban J connectivity index is 1.56. The van der Waals surface area contributed by atoms with E-state index in [1.165, 1.54) is 0 Å². The van der Waals surface area contributed by atoms with Crippen LogP contribution in [0.25, 0.3) is 0 Å². The van der Waals surface area contributed by atoms with E-state index in [2.05, 4.69) is 10.3 Å². The number of rotatable bonds is 6. The summed E-state index contributed by atoms with van der Waals surface area (Å²) in [6, 6.07) is 9.76. The van der Waals surface area contributed by atoms with Crippen molar-refractivity contribution in [3.8, 4) is 5.75 Å². The number of aromatic nitrogens is 1. The molecule has 1 aromatic carbocycles. The van der Waals surface area contributed by atoms with E-state index >= 15 is 0 Å². The minimum Gasteiger partial charge on any atom is -0.496 e. The van der Waals surface area contributed by atoms with Crippen LogP contribution in [0.15, 0.2) is 42.7 Å². The number of carbonyl (C=O) groups is 2. The van der Waals surface area contributed by atoms with E-state index in [0.717, 1.165) is 23.4 Å². The molecule has 7 nitrogen and oxygen atoms in total. The number of carbonyl (C=O) groups excluding carboxylic acids is 2. The molecule has 0 radical (unpaired) electrons. The van der Waals surface area contributed by atoms with Gasteiger partial charge in [0.2, 0.25) is 5.91 Å². The largest absolute Gasteiger partial charge is 0.496 e. The third-order valence-corrected chi connectivity index (χ3v) is 4.91. The lowest BCUT2D eigenvalue weighted by molar-refractivity contribution is -0.130. The van der Waals surface area contributed by atoms with Gasteiger partial charge in [-0.2, -0.15) is 0 Å². The van der Waals surface area contributed by atoms with Crippen LogP contribution in [0.3, 0.4) is 0 Å². The number of pyridine rings is 1. The first-order chi connectivity index (χ1) is 13.6. The van der Waals surface area contributed by atoms with Gasteiger partial charge in [0, 0.05) is 52.0 Å². The number of amides is 2. The van der Waals surface area contributed by atoms with E-state index in [-0.39, 0.29) is 11.8 Å². The Morgan fingerprint density at radius 1 is 1.11 bits per heavy atom. The van der Waals surface area contributed by atoms with E-state index in [0.29, 0.717) is 38.3 Å². The minimum absolute atomic E-state index is 0.0509. The van der Waals surface area contributed by atoms with Crippen molar-refractivity contribution >= 4 is 17.5 Å². The SMILES string of the molecule is COc1ccccc1CCNc1cncc(C(=O)N2CCN(C(C)=O)CC2)c1. The molecule has 1 aliphatic heterocycles. The van der Waals surface area contributed by atoms with Crippen LogP contribution in [-0.4, -0.2) is 66.4 Å². The van der Waals surface area contributed by atoms with Crippen LogP contribution in [0, 0.1) is 0 Å². The summed E-state index contributed by atoms with van der Waals surface area (Å²) in [4.78, 5) is 31.9.